The first-order chi connectivity index (χ1) is 6.66. The van der Waals surface area contributed by atoms with Crippen molar-refractivity contribution in [3.05, 3.63) is 29.6 Å². The summed E-state index contributed by atoms with van der Waals surface area (Å²) in [4.78, 5) is 13.1. The SMILES string of the molecule is Cc1cc(F)ccc1N1CCC(=O)C1. The molecule has 0 aromatic heterocycles. The molecule has 2 rings (SSSR count). The Balaban J connectivity index is 2.28. The van der Waals surface area contributed by atoms with Crippen molar-refractivity contribution in [2.75, 3.05) is 18.0 Å². The summed E-state index contributed by atoms with van der Waals surface area (Å²) in [7, 11) is 0. The highest BCUT2D eigenvalue weighted by Crippen LogP contribution is 2.23. The molecule has 0 atom stereocenters. The van der Waals surface area contributed by atoms with Gasteiger partial charge in [-0.1, -0.05) is 0 Å². The van der Waals surface area contributed by atoms with Gasteiger partial charge in [-0.2, -0.15) is 0 Å². The van der Waals surface area contributed by atoms with Gasteiger partial charge < -0.3 is 4.90 Å². The summed E-state index contributed by atoms with van der Waals surface area (Å²) in [6.07, 6.45) is 0.608. The first kappa shape index (κ1) is 9.19. The van der Waals surface area contributed by atoms with Gasteiger partial charge in [-0.3, -0.25) is 4.79 Å². The molecule has 0 spiro atoms. The monoisotopic (exact) mass is 193 g/mol. The lowest BCUT2D eigenvalue weighted by atomic mass is 10.2. The summed E-state index contributed by atoms with van der Waals surface area (Å²) in [5.41, 5.74) is 1.86. The Bertz CT molecular complexity index is 376. The van der Waals surface area contributed by atoms with Crippen molar-refractivity contribution in [3.8, 4) is 0 Å². The van der Waals surface area contributed by atoms with Crippen molar-refractivity contribution in [2.45, 2.75) is 13.3 Å². The van der Waals surface area contributed by atoms with Crippen molar-refractivity contribution >= 4 is 11.5 Å². The molecule has 1 aromatic rings. The number of aryl methyl sites for hydroxylation is 1. The maximum atomic E-state index is 12.8. The second kappa shape index (κ2) is 3.40. The predicted octanol–water partition coefficient (Wildman–Crippen LogP) is 1.91. The Morgan fingerprint density at radius 3 is 2.79 bits per heavy atom. The molecule has 0 N–H and O–H groups in total. The molecule has 1 heterocycles. The summed E-state index contributed by atoms with van der Waals surface area (Å²) < 4.78 is 12.8. The summed E-state index contributed by atoms with van der Waals surface area (Å²) in [6.45, 7) is 3.08. The van der Waals surface area contributed by atoms with E-state index in [-0.39, 0.29) is 11.6 Å². The zero-order valence-corrected chi connectivity index (χ0v) is 8.09. The Hall–Kier alpha value is -1.38. The quantitative estimate of drug-likeness (QED) is 0.679. The summed E-state index contributed by atoms with van der Waals surface area (Å²) in [6, 6.07) is 4.67. The number of carbonyl (C=O) groups excluding carboxylic acids is 1. The van der Waals surface area contributed by atoms with E-state index in [1.54, 1.807) is 6.07 Å². The maximum absolute atomic E-state index is 12.8. The third-order valence-electron chi connectivity index (χ3n) is 2.53. The van der Waals surface area contributed by atoms with Crippen molar-refractivity contribution in [1.29, 1.82) is 0 Å². The third kappa shape index (κ3) is 1.62. The molecular formula is C11H12FNO. The lowest BCUT2D eigenvalue weighted by Gasteiger charge is -2.18. The number of hydrogen-bond donors (Lipinski definition) is 0. The lowest BCUT2D eigenvalue weighted by molar-refractivity contribution is -0.116. The average Bonchev–Trinajstić information content (AvgIpc) is 2.51. The van der Waals surface area contributed by atoms with Crippen LogP contribution in [0.1, 0.15) is 12.0 Å². The van der Waals surface area contributed by atoms with Crippen LogP contribution < -0.4 is 4.90 Å². The molecule has 1 fully saturated rings. The molecule has 0 saturated carbocycles. The van der Waals surface area contributed by atoms with Crippen LogP contribution in [0.5, 0.6) is 0 Å². The fraction of sp³-hybridized carbons (Fsp3) is 0.364. The van der Waals surface area contributed by atoms with Crippen molar-refractivity contribution < 1.29 is 9.18 Å². The smallest absolute Gasteiger partial charge is 0.153 e. The van der Waals surface area contributed by atoms with Gasteiger partial charge in [0.2, 0.25) is 0 Å². The third-order valence-corrected chi connectivity index (χ3v) is 2.53. The molecule has 2 nitrogen and oxygen atoms in total. The fourth-order valence-corrected chi connectivity index (χ4v) is 1.81. The zero-order valence-electron chi connectivity index (χ0n) is 8.09. The minimum atomic E-state index is -0.225. The van der Waals surface area contributed by atoms with Gasteiger partial charge in [0.05, 0.1) is 6.54 Å². The number of carbonyl (C=O) groups is 1. The molecule has 14 heavy (non-hydrogen) atoms. The molecule has 1 saturated heterocycles. The largest absolute Gasteiger partial charge is 0.364 e. The molecule has 1 aliphatic rings. The van der Waals surface area contributed by atoms with Gasteiger partial charge in [-0.25, -0.2) is 4.39 Å². The van der Waals surface area contributed by atoms with E-state index in [0.717, 1.165) is 17.8 Å². The summed E-state index contributed by atoms with van der Waals surface area (Å²) >= 11 is 0. The van der Waals surface area contributed by atoms with Gasteiger partial charge in [0.25, 0.3) is 0 Å². The van der Waals surface area contributed by atoms with E-state index in [0.29, 0.717) is 13.0 Å². The van der Waals surface area contributed by atoms with Crippen LogP contribution in [0.3, 0.4) is 0 Å². The Morgan fingerprint density at radius 2 is 2.21 bits per heavy atom. The molecule has 0 amide bonds. The lowest BCUT2D eigenvalue weighted by Crippen LogP contribution is -2.20. The van der Waals surface area contributed by atoms with Crippen LogP contribution in [0.15, 0.2) is 18.2 Å². The highest BCUT2D eigenvalue weighted by molar-refractivity contribution is 5.87. The highest BCUT2D eigenvalue weighted by Gasteiger charge is 2.20. The topological polar surface area (TPSA) is 20.3 Å². The number of nitrogens with zero attached hydrogens (tertiary/aromatic N) is 1. The number of ketones is 1. The van der Waals surface area contributed by atoms with E-state index in [1.165, 1.54) is 12.1 Å². The highest BCUT2D eigenvalue weighted by atomic mass is 19.1. The van der Waals surface area contributed by atoms with Gasteiger partial charge in [-0.15, -0.1) is 0 Å². The molecular weight excluding hydrogens is 181 g/mol. The van der Waals surface area contributed by atoms with Gasteiger partial charge >= 0.3 is 0 Å². The van der Waals surface area contributed by atoms with Crippen LogP contribution in [-0.2, 0) is 4.79 Å². The predicted molar refractivity (Wildman–Crippen MR) is 53.0 cm³/mol. The van der Waals surface area contributed by atoms with Gasteiger partial charge in [0.1, 0.15) is 5.82 Å². The van der Waals surface area contributed by atoms with Gasteiger partial charge in [0.15, 0.2) is 5.78 Å². The second-order valence-corrected chi connectivity index (χ2v) is 3.64. The van der Waals surface area contributed by atoms with E-state index in [1.807, 2.05) is 11.8 Å². The molecule has 0 unspecified atom stereocenters. The van der Waals surface area contributed by atoms with Crippen molar-refractivity contribution in [1.82, 2.24) is 0 Å². The Labute approximate surface area is 82.3 Å². The van der Waals surface area contributed by atoms with E-state index in [4.69, 9.17) is 0 Å². The molecule has 0 aliphatic carbocycles. The van der Waals surface area contributed by atoms with E-state index in [9.17, 15) is 9.18 Å². The van der Waals surface area contributed by atoms with Crippen LogP contribution in [0, 0.1) is 12.7 Å². The molecule has 1 aromatic carbocycles. The van der Waals surface area contributed by atoms with E-state index >= 15 is 0 Å². The maximum Gasteiger partial charge on any atom is 0.153 e. The Morgan fingerprint density at radius 1 is 1.43 bits per heavy atom. The fourth-order valence-electron chi connectivity index (χ4n) is 1.81. The molecule has 1 aliphatic heterocycles. The molecule has 0 radical (unpaired) electrons. The van der Waals surface area contributed by atoms with Crippen LogP contribution in [0.2, 0.25) is 0 Å². The van der Waals surface area contributed by atoms with Crippen LogP contribution in [0.25, 0.3) is 0 Å². The molecule has 0 bridgehead atoms. The van der Waals surface area contributed by atoms with Gasteiger partial charge in [-0.05, 0) is 30.7 Å². The van der Waals surface area contributed by atoms with Crippen molar-refractivity contribution in [2.24, 2.45) is 0 Å². The van der Waals surface area contributed by atoms with Crippen LogP contribution in [0.4, 0.5) is 10.1 Å². The average molecular weight is 193 g/mol. The Kier molecular flexibility index (Phi) is 2.23. The number of rotatable bonds is 1. The minimum absolute atomic E-state index is 0.225. The first-order valence-electron chi connectivity index (χ1n) is 4.69. The van der Waals surface area contributed by atoms with E-state index in [2.05, 4.69) is 0 Å². The van der Waals surface area contributed by atoms with Crippen LogP contribution in [-0.4, -0.2) is 18.9 Å². The summed E-state index contributed by atoms with van der Waals surface area (Å²) in [5.74, 6) is 0.0329. The number of benzene rings is 1. The standard InChI is InChI=1S/C11H12FNO/c1-8-6-9(12)2-3-11(8)13-5-4-10(14)7-13/h2-3,6H,4-5,7H2,1H3. The van der Waals surface area contributed by atoms with Crippen LogP contribution >= 0.6 is 0 Å². The molecule has 74 valence electrons. The number of Topliss-reactive ketones (excluding diaryl/α,β-unsaturated/α-hetero) is 1. The number of hydrogen-bond acceptors (Lipinski definition) is 2. The second-order valence-electron chi connectivity index (χ2n) is 3.64. The summed E-state index contributed by atoms with van der Waals surface area (Å²) in [5, 5.41) is 0. The first-order valence-corrected chi connectivity index (χ1v) is 4.69. The van der Waals surface area contributed by atoms with E-state index < -0.39 is 0 Å². The zero-order chi connectivity index (χ0) is 10.1. The number of anilines is 1. The normalized spacial score (nSPS) is 16.4. The van der Waals surface area contributed by atoms with Gasteiger partial charge in [0, 0.05) is 18.7 Å². The molecule has 3 heteroatoms. The minimum Gasteiger partial charge on any atom is -0.364 e. The van der Waals surface area contributed by atoms with Crippen molar-refractivity contribution in [3.63, 3.8) is 0 Å². The number of halogens is 1.